The minimum absolute atomic E-state index is 0.135. The van der Waals surface area contributed by atoms with E-state index in [4.69, 9.17) is 11.6 Å². The molecule has 1 aliphatic rings. The average molecular weight is 393 g/mol. The van der Waals surface area contributed by atoms with Crippen LogP contribution in [-0.2, 0) is 0 Å². The van der Waals surface area contributed by atoms with Crippen LogP contribution < -0.4 is 4.90 Å². The number of aromatic amines is 1. The van der Waals surface area contributed by atoms with Crippen LogP contribution in [0.4, 0.5) is 5.69 Å². The zero-order valence-corrected chi connectivity index (χ0v) is 16.3. The third-order valence-electron chi connectivity index (χ3n) is 5.26. The Morgan fingerprint density at radius 1 is 1.11 bits per heavy atom. The molecule has 8 heteroatoms. The zero-order valence-electron chi connectivity index (χ0n) is 15.6. The molecule has 0 unspecified atom stereocenters. The average Bonchev–Trinajstić information content (AvgIpc) is 3.32. The van der Waals surface area contributed by atoms with Crippen molar-refractivity contribution in [3.63, 3.8) is 0 Å². The van der Waals surface area contributed by atoms with Gasteiger partial charge in [-0.3, -0.25) is 19.2 Å². The number of rotatable bonds is 2. The van der Waals surface area contributed by atoms with Crippen LogP contribution in [0.3, 0.4) is 0 Å². The van der Waals surface area contributed by atoms with E-state index in [9.17, 15) is 4.79 Å². The molecule has 1 aromatic carbocycles. The molecule has 0 saturated heterocycles. The SMILES string of the molecule is Cc1[nH]nc2c1[C@H](c1ccc(Cl)cc1)N(c1cc(C)c3nnc(C)n3c1)C2=O. The predicted octanol–water partition coefficient (Wildman–Crippen LogP) is 3.78. The molecule has 0 radical (unpaired) electrons. The van der Waals surface area contributed by atoms with E-state index in [1.54, 1.807) is 4.90 Å². The summed E-state index contributed by atoms with van der Waals surface area (Å²) in [7, 11) is 0. The Labute approximate surface area is 166 Å². The van der Waals surface area contributed by atoms with E-state index in [2.05, 4.69) is 20.4 Å². The molecule has 28 heavy (non-hydrogen) atoms. The van der Waals surface area contributed by atoms with E-state index in [0.717, 1.165) is 39.5 Å². The minimum Gasteiger partial charge on any atom is -0.294 e. The number of amides is 1. The Bertz CT molecular complexity index is 1240. The largest absolute Gasteiger partial charge is 0.294 e. The Kier molecular flexibility index (Phi) is 3.57. The monoisotopic (exact) mass is 392 g/mol. The van der Waals surface area contributed by atoms with Gasteiger partial charge in [0.1, 0.15) is 5.82 Å². The number of nitrogens with zero attached hydrogens (tertiary/aromatic N) is 5. The number of halogens is 1. The van der Waals surface area contributed by atoms with E-state index in [1.807, 2.05) is 61.7 Å². The normalized spacial score (nSPS) is 16.2. The summed E-state index contributed by atoms with van der Waals surface area (Å²) in [5.41, 5.74) is 5.70. The van der Waals surface area contributed by atoms with Gasteiger partial charge in [-0.05, 0) is 50.1 Å². The second kappa shape index (κ2) is 5.90. The summed E-state index contributed by atoms with van der Waals surface area (Å²) in [4.78, 5) is 15.1. The lowest BCUT2D eigenvalue weighted by atomic mass is 9.99. The van der Waals surface area contributed by atoms with Crippen molar-refractivity contribution in [3.8, 4) is 0 Å². The molecule has 0 fully saturated rings. The number of fused-ring (bicyclic) bond motifs is 2. The molecule has 1 aliphatic heterocycles. The predicted molar refractivity (Wildman–Crippen MR) is 106 cm³/mol. The van der Waals surface area contributed by atoms with Gasteiger partial charge in [0.25, 0.3) is 5.91 Å². The van der Waals surface area contributed by atoms with Gasteiger partial charge in [0.05, 0.1) is 11.7 Å². The molecular formula is C20H17ClN6O. The highest BCUT2D eigenvalue weighted by atomic mass is 35.5. The fraction of sp³-hybridized carbons (Fsp3) is 0.200. The zero-order chi connectivity index (χ0) is 19.6. The number of pyridine rings is 1. The van der Waals surface area contributed by atoms with Crippen LogP contribution in [0.5, 0.6) is 0 Å². The highest BCUT2D eigenvalue weighted by molar-refractivity contribution is 6.30. The fourth-order valence-corrected chi connectivity index (χ4v) is 4.03. The summed E-state index contributed by atoms with van der Waals surface area (Å²) >= 11 is 6.09. The molecule has 1 N–H and O–H groups in total. The van der Waals surface area contributed by atoms with E-state index < -0.39 is 0 Å². The van der Waals surface area contributed by atoms with Crippen LogP contribution in [0.25, 0.3) is 5.65 Å². The quantitative estimate of drug-likeness (QED) is 0.563. The third-order valence-corrected chi connectivity index (χ3v) is 5.51. The molecule has 3 aromatic heterocycles. The summed E-state index contributed by atoms with van der Waals surface area (Å²) in [5.74, 6) is 0.632. The lowest BCUT2D eigenvalue weighted by Gasteiger charge is -2.26. The maximum atomic E-state index is 13.3. The van der Waals surface area contributed by atoms with Crippen molar-refractivity contribution in [2.24, 2.45) is 0 Å². The van der Waals surface area contributed by atoms with Crippen LogP contribution in [-0.4, -0.2) is 30.7 Å². The van der Waals surface area contributed by atoms with Crippen molar-refractivity contribution in [1.82, 2.24) is 24.8 Å². The molecule has 0 bridgehead atoms. The van der Waals surface area contributed by atoms with Gasteiger partial charge in [-0.25, -0.2) is 0 Å². The maximum Gasteiger partial charge on any atom is 0.280 e. The molecule has 4 heterocycles. The molecule has 1 amide bonds. The van der Waals surface area contributed by atoms with Gasteiger partial charge in [-0.15, -0.1) is 10.2 Å². The number of anilines is 1. The Morgan fingerprint density at radius 2 is 1.86 bits per heavy atom. The first-order chi connectivity index (χ1) is 13.5. The van der Waals surface area contributed by atoms with Crippen LogP contribution in [0.1, 0.15) is 44.7 Å². The van der Waals surface area contributed by atoms with E-state index in [0.29, 0.717) is 10.7 Å². The Hall–Kier alpha value is -3.19. The van der Waals surface area contributed by atoms with Crippen LogP contribution in [0.15, 0.2) is 36.5 Å². The second-order valence-corrected chi connectivity index (χ2v) is 7.50. The summed E-state index contributed by atoms with van der Waals surface area (Å²) < 4.78 is 1.91. The van der Waals surface area contributed by atoms with E-state index in [-0.39, 0.29) is 11.9 Å². The van der Waals surface area contributed by atoms with Gasteiger partial charge < -0.3 is 0 Å². The van der Waals surface area contributed by atoms with Gasteiger partial charge in [-0.2, -0.15) is 5.10 Å². The molecule has 0 aliphatic carbocycles. The number of hydrogen-bond donors (Lipinski definition) is 1. The van der Waals surface area contributed by atoms with Crippen molar-refractivity contribution in [3.05, 3.63) is 75.5 Å². The number of benzene rings is 1. The van der Waals surface area contributed by atoms with Gasteiger partial charge in [0.2, 0.25) is 0 Å². The second-order valence-electron chi connectivity index (χ2n) is 7.06. The molecule has 1 atom stereocenters. The van der Waals surface area contributed by atoms with Crippen LogP contribution in [0.2, 0.25) is 5.02 Å². The Balaban J connectivity index is 1.74. The van der Waals surface area contributed by atoms with Gasteiger partial charge in [0.15, 0.2) is 11.3 Å². The van der Waals surface area contributed by atoms with Crippen molar-refractivity contribution in [1.29, 1.82) is 0 Å². The number of aromatic nitrogens is 5. The highest BCUT2D eigenvalue weighted by Gasteiger charge is 2.42. The van der Waals surface area contributed by atoms with Crippen LogP contribution in [0, 0.1) is 20.8 Å². The van der Waals surface area contributed by atoms with Crippen LogP contribution >= 0.6 is 11.6 Å². The lowest BCUT2D eigenvalue weighted by molar-refractivity contribution is 0.0988. The van der Waals surface area contributed by atoms with Crippen molar-refractivity contribution >= 4 is 28.8 Å². The lowest BCUT2D eigenvalue weighted by Crippen LogP contribution is -2.29. The number of hydrogen-bond acceptors (Lipinski definition) is 4. The number of carbonyl (C=O) groups is 1. The first-order valence-corrected chi connectivity index (χ1v) is 9.29. The standard InChI is InChI=1S/C20H17ClN6O/c1-10-8-15(9-26-12(3)23-25-19(10)26)27-18(13-4-6-14(21)7-5-13)16-11(2)22-24-17(16)20(27)28/h4-9,18H,1-3H3,(H,22,24)/t18-/m0/s1. The van der Waals surface area contributed by atoms with Crippen molar-refractivity contribution < 1.29 is 4.79 Å². The summed E-state index contributed by atoms with van der Waals surface area (Å²) in [5, 5.41) is 16.2. The molecule has 7 nitrogen and oxygen atoms in total. The van der Waals surface area contributed by atoms with Gasteiger partial charge in [-0.1, -0.05) is 23.7 Å². The molecule has 5 rings (SSSR count). The number of aryl methyl sites for hydroxylation is 3. The smallest absolute Gasteiger partial charge is 0.280 e. The minimum atomic E-state index is -0.285. The van der Waals surface area contributed by atoms with Crippen molar-refractivity contribution in [2.45, 2.75) is 26.8 Å². The summed E-state index contributed by atoms with van der Waals surface area (Å²) in [6.45, 7) is 5.79. The molecule has 0 spiro atoms. The topological polar surface area (TPSA) is 79.2 Å². The molecular weight excluding hydrogens is 376 g/mol. The number of nitrogens with one attached hydrogen (secondary N) is 1. The van der Waals surface area contributed by atoms with Crippen molar-refractivity contribution in [2.75, 3.05) is 4.90 Å². The molecule has 140 valence electrons. The van der Waals surface area contributed by atoms with Gasteiger partial charge in [0, 0.05) is 22.5 Å². The van der Waals surface area contributed by atoms with E-state index >= 15 is 0 Å². The first kappa shape index (κ1) is 16.9. The fourth-order valence-electron chi connectivity index (χ4n) is 3.90. The van der Waals surface area contributed by atoms with Gasteiger partial charge >= 0.3 is 0 Å². The molecule has 0 saturated carbocycles. The first-order valence-electron chi connectivity index (χ1n) is 8.91. The number of carbonyl (C=O) groups excluding carboxylic acids is 1. The van der Waals surface area contributed by atoms with E-state index in [1.165, 1.54) is 0 Å². The highest BCUT2D eigenvalue weighted by Crippen LogP contribution is 2.42. The summed E-state index contributed by atoms with van der Waals surface area (Å²) in [6.07, 6.45) is 1.91. The number of H-pyrrole nitrogens is 1. The summed E-state index contributed by atoms with van der Waals surface area (Å²) in [6, 6.07) is 9.26. The third kappa shape index (κ3) is 2.29. The maximum absolute atomic E-state index is 13.3. The Morgan fingerprint density at radius 3 is 2.61 bits per heavy atom. The molecule has 4 aromatic rings.